The van der Waals surface area contributed by atoms with Gasteiger partial charge in [0.15, 0.2) is 5.82 Å². The van der Waals surface area contributed by atoms with Crippen LogP contribution in [0.5, 0.6) is 0 Å². The number of amides is 1. The van der Waals surface area contributed by atoms with E-state index in [0.29, 0.717) is 18.3 Å². The van der Waals surface area contributed by atoms with E-state index in [-0.39, 0.29) is 11.9 Å². The molecule has 1 aliphatic heterocycles. The lowest BCUT2D eigenvalue weighted by Gasteiger charge is -2.12. The molecule has 4 aromatic rings. The highest BCUT2D eigenvalue weighted by Gasteiger charge is 2.26. The van der Waals surface area contributed by atoms with Gasteiger partial charge < -0.3 is 10.6 Å². The third kappa shape index (κ3) is 4.07. The second-order valence-corrected chi connectivity index (χ2v) is 9.32. The highest BCUT2D eigenvalue weighted by Crippen LogP contribution is 2.33. The zero-order valence-corrected chi connectivity index (χ0v) is 21.0. The molecule has 178 valence electrons. The van der Waals surface area contributed by atoms with E-state index in [0.717, 1.165) is 55.9 Å². The molecule has 1 aliphatic rings. The number of fused-ring (bicyclic) bond motifs is 1. The van der Waals surface area contributed by atoms with Crippen molar-refractivity contribution >= 4 is 17.5 Å². The number of benzene rings is 2. The van der Waals surface area contributed by atoms with Crippen molar-refractivity contribution < 1.29 is 4.79 Å². The highest BCUT2D eigenvalue weighted by atomic mass is 16.2. The second-order valence-electron chi connectivity index (χ2n) is 9.32. The van der Waals surface area contributed by atoms with Gasteiger partial charge in [0.05, 0.1) is 6.04 Å². The van der Waals surface area contributed by atoms with Gasteiger partial charge in [-0.05, 0) is 93.6 Å². The number of nitrogens with one attached hydrogen (secondary N) is 2. The van der Waals surface area contributed by atoms with Gasteiger partial charge in [-0.25, -0.2) is 4.68 Å². The molecular formula is C28H30N6O. The molecule has 1 atom stereocenters. The Hall–Kier alpha value is -4.00. The number of hydrogen-bond acceptors (Lipinski definition) is 5. The summed E-state index contributed by atoms with van der Waals surface area (Å²) in [5.41, 5.74) is 10.2. The minimum Gasteiger partial charge on any atom is -0.345 e. The maximum Gasteiger partial charge on any atom is 0.252 e. The van der Waals surface area contributed by atoms with Crippen molar-refractivity contribution in [3.63, 3.8) is 0 Å². The monoisotopic (exact) mass is 466 g/mol. The molecule has 0 radical (unpaired) electrons. The van der Waals surface area contributed by atoms with Crippen LogP contribution >= 0.6 is 0 Å². The van der Waals surface area contributed by atoms with Crippen molar-refractivity contribution in [3.8, 4) is 22.5 Å². The van der Waals surface area contributed by atoms with Gasteiger partial charge in [-0.3, -0.25) is 9.78 Å². The highest BCUT2D eigenvalue weighted by molar-refractivity contribution is 6.00. The summed E-state index contributed by atoms with van der Waals surface area (Å²) < 4.78 is 1.88. The number of pyridine rings is 1. The van der Waals surface area contributed by atoms with Gasteiger partial charge in [0.1, 0.15) is 0 Å². The van der Waals surface area contributed by atoms with Crippen LogP contribution in [0.2, 0.25) is 0 Å². The third-order valence-corrected chi connectivity index (χ3v) is 6.71. The summed E-state index contributed by atoms with van der Waals surface area (Å²) in [5, 5.41) is 11.2. The number of aromatic nitrogens is 4. The molecule has 0 spiro atoms. The first-order chi connectivity index (χ1) is 16.7. The summed E-state index contributed by atoms with van der Waals surface area (Å²) in [6, 6.07) is 12.5. The van der Waals surface area contributed by atoms with Gasteiger partial charge in [-0.2, -0.15) is 4.98 Å². The summed E-state index contributed by atoms with van der Waals surface area (Å²) in [6.07, 6.45) is 1.92. The predicted octanol–water partition coefficient (Wildman–Crippen LogP) is 5.81. The quantitative estimate of drug-likeness (QED) is 0.388. The van der Waals surface area contributed by atoms with E-state index in [1.54, 1.807) is 0 Å². The Bertz CT molecular complexity index is 1450. The standard InChI is InChI=1S/C28H30N6O/c1-7-34-28(31-25-13-23-19(6)30-27(35)24(23)12-17(25)4)32-26(33-34)22-11-15(2)21(10-16(22)3)20-9-8-18(5)29-14-20/h8-14,19H,7H2,1-6H3,(H,30,35)(H,31,32,33). The molecule has 5 rings (SSSR count). The first-order valence-electron chi connectivity index (χ1n) is 12.0. The Morgan fingerprint density at radius 1 is 0.971 bits per heavy atom. The molecule has 0 bridgehead atoms. The van der Waals surface area contributed by atoms with Crippen LogP contribution in [-0.4, -0.2) is 25.7 Å². The van der Waals surface area contributed by atoms with E-state index in [1.807, 2.05) is 49.8 Å². The average molecular weight is 467 g/mol. The van der Waals surface area contributed by atoms with Crippen LogP contribution in [-0.2, 0) is 6.54 Å². The summed E-state index contributed by atoms with van der Waals surface area (Å²) in [4.78, 5) is 21.5. The molecule has 1 unspecified atom stereocenters. The van der Waals surface area contributed by atoms with Crippen molar-refractivity contribution in [2.45, 2.75) is 54.1 Å². The number of aryl methyl sites for hydroxylation is 5. The molecule has 0 saturated heterocycles. The Kier molecular flexibility index (Phi) is 5.63. The van der Waals surface area contributed by atoms with Crippen molar-refractivity contribution in [3.05, 3.63) is 76.1 Å². The number of anilines is 2. The lowest BCUT2D eigenvalue weighted by Crippen LogP contribution is -2.16. The van der Waals surface area contributed by atoms with Crippen LogP contribution in [0.15, 0.2) is 42.6 Å². The zero-order chi connectivity index (χ0) is 24.9. The van der Waals surface area contributed by atoms with E-state index in [1.165, 1.54) is 0 Å². The third-order valence-electron chi connectivity index (χ3n) is 6.71. The number of hydrogen-bond donors (Lipinski definition) is 2. The minimum atomic E-state index is -0.0168. The molecule has 7 nitrogen and oxygen atoms in total. The molecule has 1 amide bonds. The molecular weight excluding hydrogens is 436 g/mol. The van der Waals surface area contributed by atoms with E-state index < -0.39 is 0 Å². The molecule has 0 aliphatic carbocycles. The number of rotatable bonds is 5. The molecule has 35 heavy (non-hydrogen) atoms. The fraction of sp³-hybridized carbons (Fsp3) is 0.286. The second kappa shape index (κ2) is 8.65. The molecule has 2 aromatic heterocycles. The predicted molar refractivity (Wildman–Crippen MR) is 139 cm³/mol. The molecule has 2 aromatic carbocycles. The SMILES string of the molecule is CCn1nc(-c2cc(C)c(-c3ccc(C)nc3)cc2C)nc1Nc1cc2c(cc1C)C(=O)NC2C. The Morgan fingerprint density at radius 3 is 2.40 bits per heavy atom. The first-order valence-corrected chi connectivity index (χ1v) is 12.0. The van der Waals surface area contributed by atoms with Crippen molar-refractivity contribution in [1.29, 1.82) is 0 Å². The average Bonchev–Trinajstić information content (AvgIpc) is 3.36. The van der Waals surface area contributed by atoms with Gasteiger partial charge in [-0.15, -0.1) is 5.10 Å². The van der Waals surface area contributed by atoms with Gasteiger partial charge in [0.25, 0.3) is 5.91 Å². The summed E-state index contributed by atoms with van der Waals surface area (Å²) >= 11 is 0. The topological polar surface area (TPSA) is 84.7 Å². The van der Waals surface area contributed by atoms with Crippen LogP contribution in [0.25, 0.3) is 22.5 Å². The van der Waals surface area contributed by atoms with Crippen molar-refractivity contribution in [2.24, 2.45) is 0 Å². The van der Waals surface area contributed by atoms with E-state index in [4.69, 9.17) is 10.1 Å². The van der Waals surface area contributed by atoms with E-state index in [2.05, 4.69) is 54.6 Å². The molecule has 3 heterocycles. The Morgan fingerprint density at radius 2 is 1.69 bits per heavy atom. The smallest absolute Gasteiger partial charge is 0.252 e. The van der Waals surface area contributed by atoms with Crippen molar-refractivity contribution in [1.82, 2.24) is 25.1 Å². The molecule has 2 N–H and O–H groups in total. The minimum absolute atomic E-state index is 0.00822. The summed E-state index contributed by atoms with van der Waals surface area (Å²) in [7, 11) is 0. The molecule has 0 fully saturated rings. The Balaban J connectivity index is 1.50. The lowest BCUT2D eigenvalue weighted by atomic mass is 9.95. The maximum absolute atomic E-state index is 12.2. The molecule has 7 heteroatoms. The van der Waals surface area contributed by atoms with E-state index >= 15 is 0 Å². The van der Waals surface area contributed by atoms with Crippen LogP contribution in [0.3, 0.4) is 0 Å². The summed E-state index contributed by atoms with van der Waals surface area (Å²) in [5.74, 6) is 1.35. The van der Waals surface area contributed by atoms with E-state index in [9.17, 15) is 4.79 Å². The van der Waals surface area contributed by atoms with Crippen LogP contribution in [0.4, 0.5) is 11.6 Å². The number of carbonyl (C=O) groups is 1. The fourth-order valence-corrected chi connectivity index (χ4v) is 4.65. The van der Waals surface area contributed by atoms with Gasteiger partial charge in [-0.1, -0.05) is 12.1 Å². The Labute approximate surface area is 205 Å². The largest absolute Gasteiger partial charge is 0.345 e. The zero-order valence-electron chi connectivity index (χ0n) is 21.0. The maximum atomic E-state index is 12.2. The normalized spacial score (nSPS) is 14.7. The van der Waals surface area contributed by atoms with Gasteiger partial charge >= 0.3 is 0 Å². The molecule has 0 saturated carbocycles. The summed E-state index contributed by atoms with van der Waals surface area (Å²) in [6.45, 7) is 12.9. The lowest BCUT2D eigenvalue weighted by molar-refractivity contribution is 0.0958. The van der Waals surface area contributed by atoms with Crippen LogP contribution in [0, 0.1) is 27.7 Å². The first kappa shape index (κ1) is 22.8. The van der Waals surface area contributed by atoms with Crippen LogP contribution in [0.1, 0.15) is 58.2 Å². The van der Waals surface area contributed by atoms with Gasteiger partial charge in [0, 0.05) is 40.8 Å². The number of nitrogens with zero attached hydrogens (tertiary/aromatic N) is 4. The fourth-order valence-electron chi connectivity index (χ4n) is 4.65. The number of carbonyl (C=O) groups excluding carboxylic acids is 1. The van der Waals surface area contributed by atoms with Crippen LogP contribution < -0.4 is 10.6 Å². The van der Waals surface area contributed by atoms with Crippen molar-refractivity contribution in [2.75, 3.05) is 5.32 Å². The van der Waals surface area contributed by atoms with Gasteiger partial charge in [0.2, 0.25) is 5.95 Å².